The number of aryl methyl sites for hydroxylation is 2. The van der Waals surface area contributed by atoms with Gasteiger partial charge >= 0.3 is 0 Å². The van der Waals surface area contributed by atoms with Crippen LogP contribution in [0, 0.1) is 0 Å². The molecule has 9 heteroatoms. The highest BCUT2D eigenvalue weighted by Crippen LogP contribution is 2.15. The Morgan fingerprint density at radius 1 is 1.16 bits per heavy atom. The zero-order chi connectivity index (χ0) is 21.3. The van der Waals surface area contributed by atoms with Crippen LogP contribution in [-0.4, -0.2) is 57.6 Å². The number of fused-ring (bicyclic) bond motifs is 1. The number of halogens is 1. The van der Waals surface area contributed by atoms with E-state index in [1.54, 1.807) is 6.33 Å². The average molecular weight is 551 g/mol. The van der Waals surface area contributed by atoms with Crippen molar-refractivity contribution in [1.29, 1.82) is 0 Å². The number of hydrogen-bond acceptors (Lipinski definition) is 4. The van der Waals surface area contributed by atoms with E-state index in [0.717, 1.165) is 70.3 Å². The predicted octanol–water partition coefficient (Wildman–Crippen LogP) is 3.22. The van der Waals surface area contributed by atoms with Crippen molar-refractivity contribution in [1.82, 2.24) is 30.0 Å². The number of rotatable bonds is 10. The highest BCUT2D eigenvalue weighted by Gasteiger charge is 2.15. The van der Waals surface area contributed by atoms with Gasteiger partial charge in [0.2, 0.25) is 0 Å². The van der Waals surface area contributed by atoms with Gasteiger partial charge in [0.05, 0.1) is 12.6 Å². The molecule has 1 saturated heterocycles. The quantitative estimate of drug-likeness (QED) is 0.175. The summed E-state index contributed by atoms with van der Waals surface area (Å²) in [5.41, 5.74) is 1.29. The van der Waals surface area contributed by atoms with Crippen LogP contribution in [0.15, 0.2) is 47.8 Å². The zero-order valence-corrected chi connectivity index (χ0v) is 21.1. The van der Waals surface area contributed by atoms with Crippen LogP contribution in [-0.2, 0) is 24.2 Å². The summed E-state index contributed by atoms with van der Waals surface area (Å²) in [4.78, 5) is 4.77. The Hall–Kier alpha value is -2.14. The molecule has 1 aliphatic rings. The fraction of sp³-hybridized carbons (Fsp3) is 0.522. The number of para-hydroxylation sites is 1. The van der Waals surface area contributed by atoms with Gasteiger partial charge < -0.3 is 24.5 Å². The van der Waals surface area contributed by atoms with Crippen LogP contribution >= 0.6 is 24.0 Å². The minimum Gasteiger partial charge on any atom is -0.376 e. The standard InChI is InChI=1S/C23H33N7O.HI/c1-2-22-28-27-18-30(22)15-12-25-23(26-17-20-8-5-16-31-20)24-11-6-13-29-14-10-19-7-3-4-9-21(19)29;/h3-4,7,9-10,14,18,20H,2,5-6,8,11-13,15-17H2,1H3,(H2,24,25,26);1H. The van der Waals surface area contributed by atoms with Gasteiger partial charge in [0.15, 0.2) is 5.96 Å². The van der Waals surface area contributed by atoms with E-state index in [0.29, 0.717) is 6.54 Å². The molecule has 1 aliphatic heterocycles. The van der Waals surface area contributed by atoms with Crippen molar-refractivity contribution in [3.63, 3.8) is 0 Å². The maximum atomic E-state index is 5.73. The maximum absolute atomic E-state index is 5.73. The molecule has 4 rings (SSSR count). The van der Waals surface area contributed by atoms with Gasteiger partial charge in [0, 0.05) is 50.9 Å². The van der Waals surface area contributed by atoms with Crippen LogP contribution in [0.3, 0.4) is 0 Å². The van der Waals surface area contributed by atoms with Crippen molar-refractivity contribution >= 4 is 40.8 Å². The van der Waals surface area contributed by atoms with E-state index in [1.807, 2.05) is 0 Å². The number of hydrogen-bond donors (Lipinski definition) is 2. The number of benzene rings is 1. The van der Waals surface area contributed by atoms with Gasteiger partial charge in [-0.05, 0) is 36.8 Å². The highest BCUT2D eigenvalue weighted by atomic mass is 127. The fourth-order valence-electron chi connectivity index (χ4n) is 3.98. The average Bonchev–Trinajstić information content (AvgIpc) is 3.55. The van der Waals surface area contributed by atoms with E-state index in [4.69, 9.17) is 9.73 Å². The first kappa shape index (κ1) is 24.5. The number of nitrogens with zero attached hydrogens (tertiary/aromatic N) is 5. The summed E-state index contributed by atoms with van der Waals surface area (Å²) >= 11 is 0. The third-order valence-electron chi connectivity index (χ3n) is 5.68. The van der Waals surface area contributed by atoms with E-state index >= 15 is 0 Å². The smallest absolute Gasteiger partial charge is 0.191 e. The number of aliphatic imine (C=N–C) groups is 1. The summed E-state index contributed by atoms with van der Waals surface area (Å²) < 4.78 is 10.1. The van der Waals surface area contributed by atoms with Gasteiger partial charge in [-0.1, -0.05) is 25.1 Å². The summed E-state index contributed by atoms with van der Waals surface area (Å²) in [6.07, 6.45) is 8.33. The van der Waals surface area contributed by atoms with Crippen molar-refractivity contribution < 1.29 is 4.74 Å². The second kappa shape index (κ2) is 12.8. The lowest BCUT2D eigenvalue weighted by atomic mass is 10.2. The van der Waals surface area contributed by atoms with Gasteiger partial charge in [0.1, 0.15) is 12.2 Å². The van der Waals surface area contributed by atoms with Crippen LogP contribution < -0.4 is 10.6 Å². The zero-order valence-electron chi connectivity index (χ0n) is 18.7. The van der Waals surface area contributed by atoms with Crippen LogP contribution in [0.4, 0.5) is 0 Å². The molecule has 1 aromatic carbocycles. The summed E-state index contributed by atoms with van der Waals surface area (Å²) in [6, 6.07) is 10.7. The molecule has 0 bridgehead atoms. The first-order valence-electron chi connectivity index (χ1n) is 11.4. The molecule has 32 heavy (non-hydrogen) atoms. The van der Waals surface area contributed by atoms with Crippen molar-refractivity contribution in [2.45, 2.75) is 51.8 Å². The first-order valence-corrected chi connectivity index (χ1v) is 11.4. The molecule has 1 unspecified atom stereocenters. The summed E-state index contributed by atoms with van der Waals surface area (Å²) in [6.45, 7) is 7.06. The lowest BCUT2D eigenvalue weighted by Crippen LogP contribution is -2.40. The molecule has 3 aromatic rings. The number of ether oxygens (including phenoxy) is 1. The second-order valence-electron chi connectivity index (χ2n) is 7.89. The van der Waals surface area contributed by atoms with Crippen LogP contribution in [0.25, 0.3) is 10.9 Å². The fourth-order valence-corrected chi connectivity index (χ4v) is 3.98. The Labute approximate surface area is 206 Å². The lowest BCUT2D eigenvalue weighted by Gasteiger charge is -2.15. The van der Waals surface area contributed by atoms with Crippen molar-refractivity contribution in [2.24, 2.45) is 4.99 Å². The van der Waals surface area contributed by atoms with E-state index in [2.05, 4.69) is 73.4 Å². The maximum Gasteiger partial charge on any atom is 0.191 e. The third-order valence-corrected chi connectivity index (χ3v) is 5.68. The van der Waals surface area contributed by atoms with Gasteiger partial charge in [-0.15, -0.1) is 34.2 Å². The van der Waals surface area contributed by atoms with Crippen molar-refractivity contribution in [3.05, 3.63) is 48.7 Å². The minimum absolute atomic E-state index is 0. The highest BCUT2D eigenvalue weighted by molar-refractivity contribution is 14.0. The number of aromatic nitrogens is 4. The van der Waals surface area contributed by atoms with Gasteiger partial charge in [-0.2, -0.15) is 0 Å². The summed E-state index contributed by atoms with van der Waals surface area (Å²) in [7, 11) is 0. The van der Waals surface area contributed by atoms with Crippen LogP contribution in [0.5, 0.6) is 0 Å². The van der Waals surface area contributed by atoms with Gasteiger partial charge in [-0.25, -0.2) is 0 Å². The molecule has 2 aromatic heterocycles. The third kappa shape index (κ3) is 6.68. The molecule has 0 spiro atoms. The second-order valence-corrected chi connectivity index (χ2v) is 7.89. The Bertz CT molecular complexity index is 978. The topological polar surface area (TPSA) is 81.3 Å². The normalized spacial score (nSPS) is 16.3. The molecular weight excluding hydrogens is 517 g/mol. The summed E-state index contributed by atoms with van der Waals surface area (Å²) in [5, 5.41) is 16.4. The molecule has 174 valence electrons. The van der Waals surface area contributed by atoms with Crippen molar-refractivity contribution in [2.75, 3.05) is 26.2 Å². The first-order chi connectivity index (χ1) is 15.3. The van der Waals surface area contributed by atoms with E-state index in [-0.39, 0.29) is 30.1 Å². The minimum atomic E-state index is 0. The molecule has 1 fully saturated rings. The number of nitrogens with one attached hydrogen (secondary N) is 2. The Morgan fingerprint density at radius 2 is 2.03 bits per heavy atom. The Morgan fingerprint density at radius 3 is 2.88 bits per heavy atom. The predicted molar refractivity (Wildman–Crippen MR) is 139 cm³/mol. The Kier molecular flexibility index (Phi) is 9.79. The van der Waals surface area contributed by atoms with Gasteiger partial charge in [-0.3, -0.25) is 4.99 Å². The molecule has 0 aliphatic carbocycles. The van der Waals surface area contributed by atoms with Crippen LogP contribution in [0.2, 0.25) is 0 Å². The van der Waals surface area contributed by atoms with Crippen LogP contribution in [0.1, 0.15) is 32.0 Å². The molecular formula is C23H34IN7O. The molecule has 3 heterocycles. The largest absolute Gasteiger partial charge is 0.376 e. The summed E-state index contributed by atoms with van der Waals surface area (Å²) in [5.74, 6) is 1.85. The molecule has 1 atom stereocenters. The SMILES string of the molecule is CCc1nncn1CCNC(=NCC1CCCO1)NCCCn1ccc2ccccc21.I. The van der Waals surface area contributed by atoms with Gasteiger partial charge in [0.25, 0.3) is 0 Å². The Balaban J connectivity index is 0.00000289. The monoisotopic (exact) mass is 551 g/mol. The van der Waals surface area contributed by atoms with E-state index in [1.165, 1.54) is 10.9 Å². The van der Waals surface area contributed by atoms with E-state index in [9.17, 15) is 0 Å². The molecule has 0 radical (unpaired) electrons. The molecule has 8 nitrogen and oxygen atoms in total. The van der Waals surface area contributed by atoms with Crippen molar-refractivity contribution in [3.8, 4) is 0 Å². The molecule has 0 saturated carbocycles. The number of guanidine groups is 1. The van der Waals surface area contributed by atoms with E-state index < -0.39 is 0 Å². The molecule has 2 N–H and O–H groups in total. The molecule has 0 amide bonds. The lowest BCUT2D eigenvalue weighted by molar-refractivity contribution is 0.117.